The predicted octanol–water partition coefficient (Wildman–Crippen LogP) is 4.60. The summed E-state index contributed by atoms with van der Waals surface area (Å²) in [6, 6.07) is 15.6. The first kappa shape index (κ1) is 18.9. The molecule has 2 aliphatic heterocycles. The summed E-state index contributed by atoms with van der Waals surface area (Å²) in [7, 11) is 0. The Kier molecular flexibility index (Phi) is 5.57. The van der Waals surface area contributed by atoms with E-state index in [1.165, 1.54) is 5.56 Å². The molecule has 5 nitrogen and oxygen atoms in total. The van der Waals surface area contributed by atoms with E-state index in [1.54, 1.807) is 16.7 Å². The molecular formula is C22H24N2O3S. The average molecular weight is 397 g/mol. The summed E-state index contributed by atoms with van der Waals surface area (Å²) in [5, 5.41) is 0.742. The first-order chi connectivity index (χ1) is 13.6. The van der Waals surface area contributed by atoms with Crippen LogP contribution in [0.3, 0.4) is 0 Å². The molecule has 4 rings (SSSR count). The molecule has 1 fully saturated rings. The number of thioether (sulfide) groups is 1. The van der Waals surface area contributed by atoms with Gasteiger partial charge in [0.1, 0.15) is 6.61 Å². The lowest BCUT2D eigenvalue weighted by atomic mass is 10.0. The van der Waals surface area contributed by atoms with E-state index in [1.807, 2.05) is 42.5 Å². The molecular weight excluding hydrogens is 372 g/mol. The van der Waals surface area contributed by atoms with Crippen molar-refractivity contribution in [2.75, 3.05) is 18.9 Å². The van der Waals surface area contributed by atoms with E-state index in [2.05, 4.69) is 19.9 Å². The van der Waals surface area contributed by atoms with Gasteiger partial charge in [0.15, 0.2) is 16.7 Å². The number of fused-ring (bicyclic) bond motifs is 1. The highest BCUT2D eigenvalue weighted by Crippen LogP contribution is 2.33. The van der Waals surface area contributed by atoms with Crippen molar-refractivity contribution in [3.05, 3.63) is 54.1 Å². The summed E-state index contributed by atoms with van der Waals surface area (Å²) in [5.74, 6) is 2.52. The molecule has 0 aliphatic carbocycles. The van der Waals surface area contributed by atoms with Gasteiger partial charge in [0, 0.05) is 12.3 Å². The van der Waals surface area contributed by atoms with Crippen LogP contribution in [-0.2, 0) is 4.79 Å². The van der Waals surface area contributed by atoms with Gasteiger partial charge in [-0.3, -0.25) is 9.69 Å². The highest BCUT2D eigenvalue weighted by Gasteiger charge is 2.34. The van der Waals surface area contributed by atoms with E-state index in [4.69, 9.17) is 14.5 Å². The number of amidine groups is 1. The Labute approximate surface area is 169 Å². The molecule has 6 heteroatoms. The number of hydrogen-bond donors (Lipinski definition) is 0. The van der Waals surface area contributed by atoms with Crippen molar-refractivity contribution in [1.82, 2.24) is 4.90 Å². The van der Waals surface area contributed by atoms with E-state index >= 15 is 0 Å². The minimum atomic E-state index is -0.654. The minimum Gasteiger partial charge on any atom is -0.485 e. The molecule has 0 saturated carbocycles. The molecule has 0 N–H and O–H groups in total. The van der Waals surface area contributed by atoms with Crippen molar-refractivity contribution in [1.29, 1.82) is 0 Å². The molecule has 0 bridgehead atoms. The molecule has 28 heavy (non-hydrogen) atoms. The van der Waals surface area contributed by atoms with Gasteiger partial charge in [-0.2, -0.15) is 0 Å². The fourth-order valence-corrected chi connectivity index (χ4v) is 4.31. The number of carbonyl (C=O) groups excluding carboxylic acids is 1. The largest absolute Gasteiger partial charge is 0.485 e. The number of ether oxygens (including phenoxy) is 2. The third-order valence-corrected chi connectivity index (χ3v) is 5.88. The third-order valence-electron chi connectivity index (χ3n) is 4.81. The van der Waals surface area contributed by atoms with Crippen LogP contribution in [0.15, 0.2) is 53.5 Å². The molecule has 0 aromatic heterocycles. The van der Waals surface area contributed by atoms with E-state index in [-0.39, 0.29) is 12.5 Å². The van der Waals surface area contributed by atoms with Crippen LogP contribution >= 0.6 is 11.8 Å². The van der Waals surface area contributed by atoms with Crippen molar-refractivity contribution in [3.63, 3.8) is 0 Å². The Balaban J connectivity index is 1.59. The Morgan fingerprint density at radius 3 is 2.71 bits per heavy atom. The van der Waals surface area contributed by atoms with Crippen molar-refractivity contribution in [2.24, 2.45) is 4.99 Å². The van der Waals surface area contributed by atoms with Gasteiger partial charge in [0.05, 0.1) is 5.69 Å². The molecule has 0 radical (unpaired) electrons. The van der Waals surface area contributed by atoms with Gasteiger partial charge in [-0.1, -0.05) is 55.9 Å². The lowest BCUT2D eigenvalue weighted by Crippen LogP contribution is -2.49. The highest BCUT2D eigenvalue weighted by atomic mass is 32.2. The molecule has 0 unspecified atom stereocenters. The number of carbonyl (C=O) groups is 1. The van der Waals surface area contributed by atoms with Crippen LogP contribution in [0.25, 0.3) is 0 Å². The van der Waals surface area contributed by atoms with Gasteiger partial charge in [-0.15, -0.1) is 0 Å². The second kappa shape index (κ2) is 8.27. The average Bonchev–Trinajstić information content (AvgIpc) is 2.73. The number of amides is 1. The number of nitrogens with zero attached hydrogens (tertiary/aromatic N) is 2. The normalized spacial score (nSPS) is 20.5. The van der Waals surface area contributed by atoms with Crippen LogP contribution < -0.4 is 9.47 Å². The zero-order valence-electron chi connectivity index (χ0n) is 16.1. The first-order valence-corrected chi connectivity index (χ1v) is 10.6. The fourth-order valence-electron chi connectivity index (χ4n) is 3.35. The monoisotopic (exact) mass is 396 g/mol. The Bertz CT molecular complexity index is 897. The van der Waals surface area contributed by atoms with Crippen LogP contribution in [0.2, 0.25) is 0 Å². The zero-order chi connectivity index (χ0) is 19.5. The van der Waals surface area contributed by atoms with Crippen LogP contribution in [0, 0.1) is 0 Å². The lowest BCUT2D eigenvalue weighted by molar-refractivity contribution is -0.137. The van der Waals surface area contributed by atoms with E-state index < -0.39 is 6.10 Å². The van der Waals surface area contributed by atoms with Crippen LogP contribution in [0.5, 0.6) is 11.5 Å². The SMILES string of the molecule is CC(C)c1ccccc1N=C1SCCCN1C(=O)[C@@H]1COc2ccccc2O1. The molecule has 2 heterocycles. The molecule has 146 valence electrons. The maximum atomic E-state index is 13.2. The van der Waals surface area contributed by atoms with Crippen molar-refractivity contribution in [2.45, 2.75) is 32.3 Å². The number of aliphatic imine (C=N–C) groups is 1. The standard InChI is InChI=1S/C22H24N2O3S/c1-15(2)16-8-3-4-9-17(16)23-22-24(12-7-13-28-22)21(25)20-14-26-18-10-5-6-11-19(18)27-20/h3-6,8-11,15,20H,7,12-14H2,1-2H3/t20-/m0/s1. The first-order valence-electron chi connectivity index (χ1n) is 9.64. The van der Waals surface area contributed by atoms with Crippen molar-refractivity contribution < 1.29 is 14.3 Å². The molecule has 0 spiro atoms. The summed E-state index contributed by atoms with van der Waals surface area (Å²) in [6.45, 7) is 5.17. The van der Waals surface area contributed by atoms with Crippen LogP contribution in [-0.4, -0.2) is 41.0 Å². The second-order valence-electron chi connectivity index (χ2n) is 7.16. The van der Waals surface area contributed by atoms with Crippen LogP contribution in [0.4, 0.5) is 5.69 Å². The van der Waals surface area contributed by atoms with Crippen molar-refractivity contribution in [3.8, 4) is 11.5 Å². The lowest BCUT2D eigenvalue weighted by Gasteiger charge is -2.33. The Hall–Kier alpha value is -2.47. The smallest absolute Gasteiger partial charge is 0.273 e. The quantitative estimate of drug-likeness (QED) is 0.761. The van der Waals surface area contributed by atoms with E-state index in [9.17, 15) is 4.79 Å². The summed E-state index contributed by atoms with van der Waals surface area (Å²) in [6.07, 6.45) is 0.282. The highest BCUT2D eigenvalue weighted by molar-refractivity contribution is 8.13. The van der Waals surface area contributed by atoms with Crippen LogP contribution in [0.1, 0.15) is 31.7 Å². The molecule has 2 aliphatic rings. The third kappa shape index (κ3) is 3.87. The molecule has 1 saturated heterocycles. The predicted molar refractivity (Wildman–Crippen MR) is 113 cm³/mol. The topological polar surface area (TPSA) is 51.1 Å². The maximum absolute atomic E-state index is 13.2. The Morgan fingerprint density at radius 1 is 1.14 bits per heavy atom. The van der Waals surface area contributed by atoms with Crippen molar-refractivity contribution >= 4 is 28.5 Å². The summed E-state index contributed by atoms with van der Waals surface area (Å²) < 4.78 is 11.7. The minimum absolute atomic E-state index is 0.0949. The number of rotatable bonds is 3. The van der Waals surface area contributed by atoms with Gasteiger partial charge >= 0.3 is 0 Å². The van der Waals surface area contributed by atoms with E-state index in [0.29, 0.717) is 24.0 Å². The number of para-hydroxylation sites is 3. The summed E-state index contributed by atoms with van der Waals surface area (Å²) >= 11 is 1.62. The molecule has 1 amide bonds. The summed E-state index contributed by atoms with van der Waals surface area (Å²) in [5.41, 5.74) is 2.10. The van der Waals surface area contributed by atoms with Gasteiger partial charge in [0.25, 0.3) is 5.91 Å². The van der Waals surface area contributed by atoms with Gasteiger partial charge in [-0.05, 0) is 36.1 Å². The second-order valence-corrected chi connectivity index (χ2v) is 8.23. The molecule has 1 atom stereocenters. The number of benzene rings is 2. The van der Waals surface area contributed by atoms with Gasteiger partial charge < -0.3 is 9.47 Å². The Morgan fingerprint density at radius 2 is 1.89 bits per heavy atom. The molecule has 2 aromatic carbocycles. The fraction of sp³-hybridized carbons (Fsp3) is 0.364. The summed E-state index contributed by atoms with van der Waals surface area (Å²) in [4.78, 5) is 19.8. The molecule has 2 aromatic rings. The van der Waals surface area contributed by atoms with Gasteiger partial charge in [-0.25, -0.2) is 4.99 Å². The number of hydrogen-bond acceptors (Lipinski definition) is 5. The zero-order valence-corrected chi connectivity index (χ0v) is 16.9. The maximum Gasteiger partial charge on any atom is 0.273 e. The van der Waals surface area contributed by atoms with E-state index in [0.717, 1.165) is 23.0 Å². The van der Waals surface area contributed by atoms with Gasteiger partial charge in [0.2, 0.25) is 6.10 Å².